The van der Waals surface area contributed by atoms with Crippen molar-refractivity contribution in [2.75, 3.05) is 5.73 Å². The van der Waals surface area contributed by atoms with E-state index in [-0.39, 0.29) is 0 Å². The first kappa shape index (κ1) is 11.1. The predicted molar refractivity (Wildman–Crippen MR) is 69.7 cm³/mol. The Morgan fingerprint density at radius 3 is 2.38 bits per heavy atom. The van der Waals surface area contributed by atoms with Crippen LogP contribution >= 0.6 is 11.6 Å². The second-order valence-corrected chi connectivity index (χ2v) is 4.56. The minimum absolute atomic E-state index is 0.401. The summed E-state index contributed by atoms with van der Waals surface area (Å²) in [4.78, 5) is 0. The van der Waals surface area contributed by atoms with Gasteiger partial charge in [0.25, 0.3) is 0 Å². The molecule has 0 unspecified atom stereocenters. The zero-order valence-electron chi connectivity index (χ0n) is 9.44. The van der Waals surface area contributed by atoms with Crippen LogP contribution in [-0.2, 0) is 0 Å². The van der Waals surface area contributed by atoms with E-state index >= 15 is 0 Å². The van der Waals surface area contributed by atoms with Crippen LogP contribution in [0.4, 0.5) is 5.69 Å². The van der Waals surface area contributed by atoms with Crippen molar-refractivity contribution >= 4 is 17.3 Å². The molecule has 2 N–H and O–H groups in total. The first-order valence-electron chi connectivity index (χ1n) is 5.31. The van der Waals surface area contributed by atoms with Crippen molar-refractivity contribution in [1.82, 2.24) is 4.57 Å². The van der Waals surface area contributed by atoms with Crippen LogP contribution in [-0.4, -0.2) is 4.57 Å². The van der Waals surface area contributed by atoms with Gasteiger partial charge in [0.05, 0.1) is 5.69 Å². The molecule has 2 aromatic rings. The van der Waals surface area contributed by atoms with E-state index in [2.05, 4.69) is 18.4 Å². The summed E-state index contributed by atoms with van der Waals surface area (Å²) in [7, 11) is 0. The van der Waals surface area contributed by atoms with Crippen LogP contribution in [0, 0.1) is 0 Å². The van der Waals surface area contributed by atoms with Crippen molar-refractivity contribution in [3.63, 3.8) is 0 Å². The minimum atomic E-state index is 0.401. The normalized spacial score (nSPS) is 11.0. The Balaban J connectivity index is 2.52. The molecule has 1 aromatic heterocycles. The molecule has 84 valence electrons. The second-order valence-electron chi connectivity index (χ2n) is 4.15. The summed E-state index contributed by atoms with van der Waals surface area (Å²) in [6.07, 6.45) is 3.99. The molecule has 0 saturated carbocycles. The highest BCUT2D eigenvalue weighted by Gasteiger charge is 2.10. The van der Waals surface area contributed by atoms with Crippen molar-refractivity contribution in [3.05, 3.63) is 41.7 Å². The quantitative estimate of drug-likeness (QED) is 0.838. The zero-order valence-corrected chi connectivity index (χ0v) is 10.2. The Kier molecular flexibility index (Phi) is 2.92. The van der Waals surface area contributed by atoms with Crippen molar-refractivity contribution in [1.29, 1.82) is 0 Å². The number of nitrogens with two attached hydrogens (primary N) is 1. The third-order valence-corrected chi connectivity index (χ3v) is 2.97. The van der Waals surface area contributed by atoms with Gasteiger partial charge in [0, 0.05) is 34.6 Å². The van der Waals surface area contributed by atoms with E-state index in [1.807, 2.05) is 36.7 Å². The van der Waals surface area contributed by atoms with Gasteiger partial charge in [-0.25, -0.2) is 0 Å². The van der Waals surface area contributed by atoms with Gasteiger partial charge in [0.2, 0.25) is 0 Å². The highest BCUT2D eigenvalue weighted by atomic mass is 35.5. The number of hydrogen-bond donors (Lipinski definition) is 1. The van der Waals surface area contributed by atoms with Crippen molar-refractivity contribution < 1.29 is 0 Å². The maximum atomic E-state index is 6.15. The molecule has 0 saturated heterocycles. The number of anilines is 1. The van der Waals surface area contributed by atoms with E-state index in [0.29, 0.717) is 6.04 Å². The standard InChI is InChI=1S/C13H15ClN2/c1-9(2)16-7-11(13(15)8-16)10-5-3-4-6-12(10)14/h3-9H,15H2,1-2H3. The van der Waals surface area contributed by atoms with Gasteiger partial charge in [-0.2, -0.15) is 0 Å². The number of nitrogen functional groups attached to an aromatic ring is 1. The Morgan fingerprint density at radius 2 is 1.81 bits per heavy atom. The van der Waals surface area contributed by atoms with Crippen LogP contribution in [0.5, 0.6) is 0 Å². The number of rotatable bonds is 2. The van der Waals surface area contributed by atoms with Crippen LogP contribution in [0.2, 0.25) is 5.02 Å². The minimum Gasteiger partial charge on any atom is -0.397 e. The van der Waals surface area contributed by atoms with E-state index in [1.54, 1.807) is 0 Å². The Bertz CT molecular complexity index is 500. The topological polar surface area (TPSA) is 30.9 Å². The van der Waals surface area contributed by atoms with Gasteiger partial charge in [0.1, 0.15) is 0 Å². The van der Waals surface area contributed by atoms with Gasteiger partial charge in [-0.1, -0.05) is 29.8 Å². The van der Waals surface area contributed by atoms with E-state index < -0.39 is 0 Å². The van der Waals surface area contributed by atoms with E-state index in [9.17, 15) is 0 Å². The Morgan fingerprint density at radius 1 is 1.12 bits per heavy atom. The lowest BCUT2D eigenvalue weighted by Crippen LogP contribution is -1.95. The highest BCUT2D eigenvalue weighted by molar-refractivity contribution is 6.33. The Labute approximate surface area is 101 Å². The summed E-state index contributed by atoms with van der Waals surface area (Å²) in [5.74, 6) is 0. The average molecular weight is 235 g/mol. The van der Waals surface area contributed by atoms with Gasteiger partial charge in [-0.15, -0.1) is 0 Å². The third-order valence-electron chi connectivity index (χ3n) is 2.64. The molecule has 0 aliphatic heterocycles. The lowest BCUT2D eigenvalue weighted by molar-refractivity contribution is 0.604. The molecule has 0 spiro atoms. The van der Waals surface area contributed by atoms with Crippen molar-refractivity contribution in [2.45, 2.75) is 19.9 Å². The van der Waals surface area contributed by atoms with Crippen LogP contribution < -0.4 is 5.73 Å². The van der Waals surface area contributed by atoms with Crippen LogP contribution in [0.25, 0.3) is 11.1 Å². The van der Waals surface area contributed by atoms with Gasteiger partial charge in [-0.05, 0) is 19.9 Å². The third kappa shape index (κ3) is 1.93. The molecule has 0 amide bonds. The van der Waals surface area contributed by atoms with Crippen molar-refractivity contribution in [3.8, 4) is 11.1 Å². The van der Waals surface area contributed by atoms with Gasteiger partial charge in [-0.3, -0.25) is 0 Å². The maximum Gasteiger partial charge on any atom is 0.0574 e. The summed E-state index contributed by atoms with van der Waals surface area (Å²) < 4.78 is 2.09. The molecule has 0 aliphatic rings. The number of hydrogen-bond acceptors (Lipinski definition) is 1. The summed E-state index contributed by atoms with van der Waals surface area (Å²) in [5, 5.41) is 0.732. The molecule has 0 atom stereocenters. The SMILES string of the molecule is CC(C)n1cc(N)c(-c2ccccc2Cl)c1. The number of aromatic nitrogens is 1. The van der Waals surface area contributed by atoms with Crippen LogP contribution in [0.15, 0.2) is 36.7 Å². The number of benzene rings is 1. The van der Waals surface area contributed by atoms with Gasteiger partial charge in [0.15, 0.2) is 0 Å². The molecule has 16 heavy (non-hydrogen) atoms. The molecule has 1 heterocycles. The zero-order chi connectivity index (χ0) is 11.7. The molecule has 0 fully saturated rings. The number of nitrogens with zero attached hydrogens (tertiary/aromatic N) is 1. The first-order chi connectivity index (χ1) is 7.59. The predicted octanol–water partition coefficient (Wildman–Crippen LogP) is 3.97. The molecule has 2 nitrogen and oxygen atoms in total. The fraction of sp³-hybridized carbons (Fsp3) is 0.231. The van der Waals surface area contributed by atoms with Gasteiger partial charge >= 0.3 is 0 Å². The molecular weight excluding hydrogens is 220 g/mol. The molecule has 0 radical (unpaired) electrons. The fourth-order valence-corrected chi connectivity index (χ4v) is 1.93. The van der Waals surface area contributed by atoms with E-state index in [0.717, 1.165) is 21.8 Å². The molecule has 1 aromatic carbocycles. The summed E-state index contributed by atoms with van der Waals surface area (Å²) in [6, 6.07) is 8.15. The molecular formula is C13H15ClN2. The van der Waals surface area contributed by atoms with Gasteiger partial charge < -0.3 is 10.3 Å². The monoisotopic (exact) mass is 234 g/mol. The summed E-state index contributed by atoms with van der Waals surface area (Å²) in [5.41, 5.74) is 8.75. The largest absolute Gasteiger partial charge is 0.397 e. The summed E-state index contributed by atoms with van der Waals surface area (Å²) in [6.45, 7) is 4.24. The highest BCUT2D eigenvalue weighted by Crippen LogP contribution is 2.33. The number of halogens is 1. The second kappa shape index (κ2) is 4.22. The lowest BCUT2D eigenvalue weighted by Gasteiger charge is -2.05. The molecule has 3 heteroatoms. The van der Waals surface area contributed by atoms with E-state index in [1.165, 1.54) is 0 Å². The fourth-order valence-electron chi connectivity index (χ4n) is 1.69. The van der Waals surface area contributed by atoms with Crippen LogP contribution in [0.1, 0.15) is 19.9 Å². The Hall–Kier alpha value is -1.41. The first-order valence-corrected chi connectivity index (χ1v) is 5.69. The summed E-state index contributed by atoms with van der Waals surface area (Å²) >= 11 is 6.15. The smallest absolute Gasteiger partial charge is 0.0574 e. The molecule has 2 rings (SSSR count). The van der Waals surface area contributed by atoms with Crippen molar-refractivity contribution in [2.24, 2.45) is 0 Å². The molecule has 0 aliphatic carbocycles. The maximum absolute atomic E-state index is 6.15. The van der Waals surface area contributed by atoms with E-state index in [4.69, 9.17) is 17.3 Å². The lowest BCUT2D eigenvalue weighted by atomic mass is 10.1. The molecule has 0 bridgehead atoms. The average Bonchev–Trinajstić information content (AvgIpc) is 2.61. The van der Waals surface area contributed by atoms with Crippen LogP contribution in [0.3, 0.4) is 0 Å².